The van der Waals surface area contributed by atoms with Gasteiger partial charge in [-0.05, 0) is 176 Å². The van der Waals surface area contributed by atoms with Crippen LogP contribution in [0.1, 0.15) is 0 Å². The first kappa shape index (κ1) is 71.8. The van der Waals surface area contributed by atoms with Crippen molar-refractivity contribution >= 4 is 222 Å². The summed E-state index contributed by atoms with van der Waals surface area (Å²) < 4.78 is 23.4. The van der Waals surface area contributed by atoms with Crippen molar-refractivity contribution in [3.63, 3.8) is 0 Å². The molecule has 9 heteroatoms. The van der Waals surface area contributed by atoms with Crippen molar-refractivity contribution in [1.82, 2.24) is 13.7 Å². The molecule has 0 saturated heterocycles. The topological polar surface area (TPSA) is 14.8 Å². The van der Waals surface area contributed by atoms with E-state index in [2.05, 4.69) is 432 Å². The molecule has 0 saturated carbocycles. The molecule has 0 aliphatic heterocycles. The third-order valence-corrected chi connectivity index (χ3v) is 31.6. The summed E-state index contributed by atoms with van der Waals surface area (Å²) in [6, 6.07) is 153. The zero-order valence-electron chi connectivity index (χ0n) is 66.1. The lowest BCUT2D eigenvalue weighted by Crippen LogP contribution is -1.92. The maximum atomic E-state index is 2.44. The fourth-order valence-corrected chi connectivity index (χ4v) is 26.2. The number of thiophene rings is 6. The van der Waals surface area contributed by atoms with E-state index in [1.165, 1.54) is 238 Å². The number of fused-ring (bicyclic) bond motifs is 24. The molecule has 123 heavy (non-hydrogen) atoms. The van der Waals surface area contributed by atoms with E-state index < -0.39 is 0 Å². The van der Waals surface area contributed by atoms with Crippen LogP contribution in [0.15, 0.2) is 419 Å². The first-order valence-electron chi connectivity index (χ1n) is 41.6. The zero-order valence-corrected chi connectivity index (χ0v) is 71.0. The Bertz CT molecular complexity index is 8780. The molecule has 0 radical (unpaired) electrons. The molecule has 0 unspecified atom stereocenters. The molecule has 0 fully saturated rings. The first-order valence-corrected chi connectivity index (χ1v) is 46.5. The molecular formula is C114H69N3S6. The van der Waals surface area contributed by atoms with E-state index in [4.69, 9.17) is 0 Å². The fourth-order valence-electron chi connectivity index (χ4n) is 18.8. The van der Waals surface area contributed by atoms with E-state index in [1.807, 2.05) is 68.0 Å². The van der Waals surface area contributed by atoms with Gasteiger partial charge in [-0.2, -0.15) is 0 Å². The number of para-hydroxylation sites is 6. The molecule has 0 bridgehead atoms. The van der Waals surface area contributed by atoms with Crippen molar-refractivity contribution in [2.24, 2.45) is 0 Å². The monoisotopic (exact) mass is 1670 g/mol. The Labute approximate surface area is 731 Å². The van der Waals surface area contributed by atoms with Gasteiger partial charge in [-0.3, -0.25) is 0 Å². The SMILES string of the molecule is c1ccc(-c2ccc3c(c2)sc2cc(-c4ccc5c(c4)sc4c6ccccc6n(-c6ccccc6)c54)ccc23)cc1.c1ccc(-c2ccc3c(c2)sc2cc(-c4ccc5sc6c7ccccc7n(-c7ccccc7)c6c5c4)ccc23)cc1.c1ccc(-c2ccc3c(c2)sc2cc(-c4cccc5c4sc4c6ccccc6n(-c6ccccc6)c54)ccc23)cc1. The van der Waals surface area contributed by atoms with Crippen LogP contribution in [-0.2, 0) is 0 Å². The molecule has 9 heterocycles. The Morgan fingerprint density at radius 1 is 0.138 bits per heavy atom. The standard InChI is InChI=1S/3C38H23NS2/c1-3-10-24(11-4-1)25-18-20-29-30-21-19-26(23-35(30)40-34(29)22-25)28-15-9-16-32-36-38(41-37(28)32)31-14-7-8-17-33(31)39(36)27-12-5-2-6-13-27;1-3-9-24(10-4-1)26-15-18-29-30-19-16-27(23-36(30)40-35(29)22-26)25-17-20-34-32(21-25)37-38(41-34)31-13-7-8-14-33(31)39(37)28-11-5-2-6-12-28;1-3-9-24(10-4-1)25-15-18-29-30-19-16-26(22-35(30)40-34(29)21-25)27-17-20-32-36(23-27)41-38-31-13-7-8-14-33(31)39(37(32)38)28-11-5-2-6-12-28/h3*1-23H. The maximum absolute atomic E-state index is 2.44. The summed E-state index contributed by atoms with van der Waals surface area (Å²) in [6.45, 7) is 0. The van der Waals surface area contributed by atoms with Crippen LogP contribution in [0.2, 0.25) is 0 Å². The second-order valence-corrected chi connectivity index (χ2v) is 38.1. The lowest BCUT2D eigenvalue weighted by molar-refractivity contribution is 1.19. The van der Waals surface area contributed by atoms with Gasteiger partial charge in [-0.1, -0.05) is 309 Å². The van der Waals surface area contributed by atoms with Crippen LogP contribution in [0.5, 0.6) is 0 Å². The molecular weight excluding hydrogens is 1600 g/mol. The Hall–Kier alpha value is -14.1. The average molecular weight is 1670 g/mol. The van der Waals surface area contributed by atoms with E-state index >= 15 is 0 Å². The number of benzene rings is 18. The van der Waals surface area contributed by atoms with Crippen LogP contribution < -0.4 is 0 Å². The molecule has 9 aromatic heterocycles. The predicted molar refractivity (Wildman–Crippen MR) is 540 cm³/mol. The quantitative estimate of drug-likeness (QED) is 0.137. The molecule has 0 spiro atoms. The van der Waals surface area contributed by atoms with E-state index in [-0.39, 0.29) is 0 Å². The summed E-state index contributed by atoms with van der Waals surface area (Å²) in [5.41, 5.74) is 26.5. The summed E-state index contributed by atoms with van der Waals surface area (Å²) >= 11 is 11.4. The Morgan fingerprint density at radius 3 is 0.797 bits per heavy atom. The molecule has 0 aliphatic carbocycles. The first-order chi connectivity index (χ1) is 61.0. The minimum atomic E-state index is 1.20. The average Bonchev–Trinajstić information content (AvgIpc) is 1.57. The summed E-state index contributed by atoms with van der Waals surface area (Å²) in [7, 11) is 0. The number of hydrogen-bond acceptors (Lipinski definition) is 6. The number of aromatic nitrogens is 3. The van der Waals surface area contributed by atoms with Gasteiger partial charge in [0, 0.05) is 124 Å². The number of rotatable bonds is 9. The van der Waals surface area contributed by atoms with Crippen molar-refractivity contribution in [3.8, 4) is 83.8 Å². The van der Waals surface area contributed by atoms with Gasteiger partial charge in [0.1, 0.15) is 0 Å². The highest BCUT2D eigenvalue weighted by Crippen LogP contribution is 2.51. The molecule has 27 aromatic rings. The lowest BCUT2D eigenvalue weighted by atomic mass is 10.0. The van der Waals surface area contributed by atoms with Gasteiger partial charge < -0.3 is 13.7 Å². The molecule has 3 nitrogen and oxygen atoms in total. The maximum Gasteiger partial charge on any atom is 0.0727 e. The van der Waals surface area contributed by atoms with E-state index in [1.54, 1.807) is 0 Å². The van der Waals surface area contributed by atoms with Crippen LogP contribution in [0.3, 0.4) is 0 Å². The van der Waals surface area contributed by atoms with Crippen LogP contribution in [-0.4, -0.2) is 13.7 Å². The fraction of sp³-hybridized carbons (Fsp3) is 0. The zero-order chi connectivity index (χ0) is 80.7. The van der Waals surface area contributed by atoms with E-state index in [0.717, 1.165) is 0 Å². The lowest BCUT2D eigenvalue weighted by Gasteiger charge is -2.09. The van der Waals surface area contributed by atoms with Gasteiger partial charge in [-0.25, -0.2) is 0 Å². The minimum Gasteiger partial charge on any atom is -0.308 e. The Kier molecular flexibility index (Phi) is 17.1. The van der Waals surface area contributed by atoms with Crippen molar-refractivity contribution in [3.05, 3.63) is 419 Å². The van der Waals surface area contributed by atoms with Crippen LogP contribution in [0.25, 0.3) is 238 Å². The minimum absolute atomic E-state index is 1.20. The van der Waals surface area contributed by atoms with Gasteiger partial charge in [0.25, 0.3) is 0 Å². The van der Waals surface area contributed by atoms with Gasteiger partial charge in [0.2, 0.25) is 0 Å². The van der Waals surface area contributed by atoms with Gasteiger partial charge >= 0.3 is 0 Å². The molecule has 576 valence electrons. The predicted octanol–water partition coefficient (Wildman–Crippen LogP) is 35.1. The largest absolute Gasteiger partial charge is 0.308 e. The highest BCUT2D eigenvalue weighted by molar-refractivity contribution is 7.28. The smallest absolute Gasteiger partial charge is 0.0727 e. The molecule has 18 aromatic carbocycles. The Morgan fingerprint density at radius 2 is 0.407 bits per heavy atom. The summed E-state index contributed by atoms with van der Waals surface area (Å²) in [4.78, 5) is 0. The second kappa shape index (κ2) is 29.4. The molecule has 0 amide bonds. The van der Waals surface area contributed by atoms with Crippen molar-refractivity contribution in [1.29, 1.82) is 0 Å². The highest BCUT2D eigenvalue weighted by atomic mass is 32.1. The van der Waals surface area contributed by atoms with Crippen molar-refractivity contribution < 1.29 is 0 Å². The third kappa shape index (κ3) is 12.0. The van der Waals surface area contributed by atoms with E-state index in [9.17, 15) is 0 Å². The van der Waals surface area contributed by atoms with Crippen LogP contribution in [0.4, 0.5) is 0 Å². The number of nitrogens with zero attached hydrogens (tertiary/aromatic N) is 3. The molecule has 0 N–H and O–H groups in total. The van der Waals surface area contributed by atoms with Gasteiger partial charge in [-0.15, -0.1) is 68.0 Å². The van der Waals surface area contributed by atoms with Crippen LogP contribution >= 0.6 is 68.0 Å². The summed E-state index contributed by atoms with van der Waals surface area (Å²) in [5, 5.41) is 15.9. The molecule has 0 aliphatic rings. The molecule has 0 atom stereocenters. The van der Waals surface area contributed by atoms with Crippen molar-refractivity contribution in [2.75, 3.05) is 0 Å². The number of hydrogen-bond donors (Lipinski definition) is 0. The summed E-state index contributed by atoms with van der Waals surface area (Å²) in [6.07, 6.45) is 0. The van der Waals surface area contributed by atoms with Crippen LogP contribution in [0, 0.1) is 0 Å². The molecule has 27 rings (SSSR count). The highest BCUT2D eigenvalue weighted by Gasteiger charge is 2.24. The van der Waals surface area contributed by atoms with E-state index in [0.29, 0.717) is 0 Å². The van der Waals surface area contributed by atoms with Gasteiger partial charge in [0.05, 0.1) is 47.2 Å². The Balaban J connectivity index is 0.000000101. The van der Waals surface area contributed by atoms with Crippen molar-refractivity contribution in [2.45, 2.75) is 0 Å². The summed E-state index contributed by atoms with van der Waals surface area (Å²) in [5.74, 6) is 0. The normalized spacial score (nSPS) is 11.9. The third-order valence-electron chi connectivity index (χ3n) is 24.6. The van der Waals surface area contributed by atoms with Gasteiger partial charge in [0.15, 0.2) is 0 Å². The second-order valence-electron chi connectivity index (χ2n) is 31.7.